The van der Waals surface area contributed by atoms with Crippen LogP contribution in [0.15, 0.2) is 35.5 Å². The molecule has 6 nitrogen and oxygen atoms in total. The largest absolute Gasteiger partial charge is 0.492 e. The highest BCUT2D eigenvalue weighted by molar-refractivity contribution is 5.81. The quantitative estimate of drug-likeness (QED) is 0.342. The smallest absolute Gasteiger partial charge is 0.153 e. The van der Waals surface area contributed by atoms with Gasteiger partial charge >= 0.3 is 0 Å². The lowest BCUT2D eigenvalue weighted by atomic mass is 10.3. The fraction of sp³-hybridized carbons (Fsp3) is 0.500. The van der Waals surface area contributed by atoms with Crippen LogP contribution in [0.2, 0.25) is 0 Å². The molecule has 0 atom stereocenters. The van der Waals surface area contributed by atoms with E-state index in [0.717, 1.165) is 38.5 Å². The lowest BCUT2D eigenvalue weighted by molar-refractivity contribution is 0.126. The summed E-state index contributed by atoms with van der Waals surface area (Å²) >= 11 is 0. The van der Waals surface area contributed by atoms with Crippen LogP contribution in [-0.4, -0.2) is 66.7 Å². The molecule has 6 heteroatoms. The van der Waals surface area contributed by atoms with Gasteiger partial charge in [-0.3, -0.25) is 9.80 Å². The normalized spacial score (nSPS) is 18.1. The molecule has 3 N–H and O–H groups in total. The van der Waals surface area contributed by atoms with Gasteiger partial charge in [0, 0.05) is 32.7 Å². The van der Waals surface area contributed by atoms with Gasteiger partial charge in [0.05, 0.1) is 6.54 Å². The summed E-state index contributed by atoms with van der Waals surface area (Å²) in [6, 6.07) is 9.86. The Labute approximate surface area is 119 Å². The van der Waals surface area contributed by atoms with E-state index in [1.54, 1.807) is 0 Å². The molecule has 1 aromatic carbocycles. The maximum Gasteiger partial charge on any atom is 0.153 e. The second kappa shape index (κ2) is 7.72. The summed E-state index contributed by atoms with van der Waals surface area (Å²) in [5, 5.41) is 11.6. The van der Waals surface area contributed by atoms with Crippen molar-refractivity contribution in [2.45, 2.75) is 0 Å². The minimum Gasteiger partial charge on any atom is -0.492 e. The van der Waals surface area contributed by atoms with Gasteiger partial charge in [0.25, 0.3) is 0 Å². The first-order valence-electron chi connectivity index (χ1n) is 6.87. The molecule has 0 unspecified atom stereocenters. The summed E-state index contributed by atoms with van der Waals surface area (Å²) < 4.78 is 5.69. The Bertz CT molecular complexity index is 416. The lowest BCUT2D eigenvalue weighted by Gasteiger charge is -2.34. The van der Waals surface area contributed by atoms with E-state index in [4.69, 9.17) is 15.7 Å². The van der Waals surface area contributed by atoms with E-state index in [9.17, 15) is 0 Å². The van der Waals surface area contributed by atoms with Crippen LogP contribution in [0.5, 0.6) is 5.75 Å². The number of oxime groups is 1. The van der Waals surface area contributed by atoms with E-state index >= 15 is 0 Å². The van der Waals surface area contributed by atoms with E-state index in [1.165, 1.54) is 0 Å². The average molecular weight is 278 g/mol. The predicted octanol–water partition coefficient (Wildman–Crippen LogP) is 0.429. The van der Waals surface area contributed by atoms with Crippen molar-refractivity contribution in [3.05, 3.63) is 30.3 Å². The summed E-state index contributed by atoms with van der Waals surface area (Å²) in [6.45, 7) is 5.98. The van der Waals surface area contributed by atoms with Crippen LogP contribution in [0, 0.1) is 0 Å². The first kappa shape index (κ1) is 14.6. The second-order valence-corrected chi connectivity index (χ2v) is 4.87. The van der Waals surface area contributed by atoms with Gasteiger partial charge in [-0.2, -0.15) is 0 Å². The SMILES string of the molecule is NC(CN1CCN(CCOc2ccccc2)CC1)=NO. The van der Waals surface area contributed by atoms with Gasteiger partial charge in [-0.05, 0) is 12.1 Å². The first-order valence-corrected chi connectivity index (χ1v) is 6.87. The molecule has 1 aromatic rings. The number of hydrogen-bond donors (Lipinski definition) is 2. The maximum absolute atomic E-state index is 8.55. The molecule has 20 heavy (non-hydrogen) atoms. The number of ether oxygens (including phenoxy) is 1. The lowest BCUT2D eigenvalue weighted by Crippen LogP contribution is -2.49. The molecule has 1 aliphatic heterocycles. The van der Waals surface area contributed by atoms with Crippen molar-refractivity contribution in [2.75, 3.05) is 45.9 Å². The highest BCUT2D eigenvalue weighted by atomic mass is 16.5. The molecule has 0 aliphatic carbocycles. The molecule has 0 bridgehead atoms. The van der Waals surface area contributed by atoms with Crippen molar-refractivity contribution in [3.8, 4) is 5.75 Å². The van der Waals surface area contributed by atoms with E-state index in [2.05, 4.69) is 15.0 Å². The number of nitrogens with zero attached hydrogens (tertiary/aromatic N) is 3. The molecule has 0 radical (unpaired) electrons. The molecule has 0 spiro atoms. The number of rotatable bonds is 6. The molecule has 1 aliphatic rings. The molecule has 0 aromatic heterocycles. The summed E-state index contributed by atoms with van der Waals surface area (Å²) in [5.41, 5.74) is 5.51. The van der Waals surface area contributed by atoms with Gasteiger partial charge < -0.3 is 15.7 Å². The molecule has 0 saturated carbocycles. The summed E-state index contributed by atoms with van der Waals surface area (Å²) in [6.07, 6.45) is 0. The Morgan fingerprint density at radius 2 is 1.80 bits per heavy atom. The van der Waals surface area contributed by atoms with Crippen molar-refractivity contribution < 1.29 is 9.94 Å². The number of nitrogens with two attached hydrogens (primary N) is 1. The fourth-order valence-corrected chi connectivity index (χ4v) is 2.24. The molecular formula is C14H22N4O2. The summed E-state index contributed by atoms with van der Waals surface area (Å²) in [4.78, 5) is 4.55. The van der Waals surface area contributed by atoms with Crippen LogP contribution in [0.3, 0.4) is 0 Å². The number of piperazine rings is 1. The molecule has 110 valence electrons. The van der Waals surface area contributed by atoms with Crippen LogP contribution < -0.4 is 10.5 Å². The van der Waals surface area contributed by atoms with Crippen LogP contribution in [0.4, 0.5) is 0 Å². The van der Waals surface area contributed by atoms with Crippen molar-refractivity contribution in [2.24, 2.45) is 10.9 Å². The number of para-hydroxylation sites is 1. The zero-order valence-corrected chi connectivity index (χ0v) is 11.6. The third-order valence-electron chi connectivity index (χ3n) is 3.40. The topological polar surface area (TPSA) is 74.3 Å². The number of benzene rings is 1. The van der Waals surface area contributed by atoms with Crippen LogP contribution in [0.25, 0.3) is 0 Å². The first-order chi connectivity index (χ1) is 9.78. The zero-order chi connectivity index (χ0) is 14.2. The zero-order valence-electron chi connectivity index (χ0n) is 11.6. The third kappa shape index (κ3) is 4.71. The van der Waals surface area contributed by atoms with Crippen LogP contribution in [-0.2, 0) is 0 Å². The van der Waals surface area contributed by atoms with E-state index < -0.39 is 0 Å². The van der Waals surface area contributed by atoms with Gasteiger partial charge in [-0.15, -0.1) is 0 Å². The Kier molecular flexibility index (Phi) is 5.64. The highest BCUT2D eigenvalue weighted by Gasteiger charge is 2.17. The third-order valence-corrected chi connectivity index (χ3v) is 3.40. The standard InChI is InChI=1S/C14H22N4O2/c15-14(16-19)12-18-8-6-17(7-9-18)10-11-20-13-4-2-1-3-5-13/h1-5,19H,6-12H2,(H2,15,16). The van der Waals surface area contributed by atoms with Crippen molar-refractivity contribution >= 4 is 5.84 Å². The highest BCUT2D eigenvalue weighted by Crippen LogP contribution is 2.08. The number of hydrogen-bond acceptors (Lipinski definition) is 5. The van der Waals surface area contributed by atoms with Crippen molar-refractivity contribution in [3.63, 3.8) is 0 Å². The van der Waals surface area contributed by atoms with Gasteiger partial charge in [0.15, 0.2) is 5.84 Å². The van der Waals surface area contributed by atoms with E-state index in [0.29, 0.717) is 13.2 Å². The van der Waals surface area contributed by atoms with Gasteiger partial charge in [-0.1, -0.05) is 23.4 Å². The molecule has 2 rings (SSSR count). The average Bonchev–Trinajstić information content (AvgIpc) is 2.50. The predicted molar refractivity (Wildman–Crippen MR) is 78.2 cm³/mol. The van der Waals surface area contributed by atoms with Crippen LogP contribution in [0.1, 0.15) is 0 Å². The monoisotopic (exact) mass is 278 g/mol. The summed E-state index contributed by atoms with van der Waals surface area (Å²) in [5.74, 6) is 1.18. The van der Waals surface area contributed by atoms with Crippen LogP contribution >= 0.6 is 0 Å². The molecule has 1 saturated heterocycles. The second-order valence-electron chi connectivity index (χ2n) is 4.87. The number of amidine groups is 1. The fourth-order valence-electron chi connectivity index (χ4n) is 2.24. The van der Waals surface area contributed by atoms with Crippen molar-refractivity contribution in [1.29, 1.82) is 0 Å². The summed E-state index contributed by atoms with van der Waals surface area (Å²) in [7, 11) is 0. The van der Waals surface area contributed by atoms with Gasteiger partial charge in [-0.25, -0.2) is 0 Å². The van der Waals surface area contributed by atoms with E-state index in [1.807, 2.05) is 30.3 Å². The van der Waals surface area contributed by atoms with Gasteiger partial charge in [0.2, 0.25) is 0 Å². The van der Waals surface area contributed by atoms with E-state index in [-0.39, 0.29) is 5.84 Å². The van der Waals surface area contributed by atoms with Crippen molar-refractivity contribution in [1.82, 2.24) is 9.80 Å². The Morgan fingerprint density at radius 3 is 2.45 bits per heavy atom. The minimum absolute atomic E-state index is 0.269. The molecular weight excluding hydrogens is 256 g/mol. The maximum atomic E-state index is 8.55. The molecule has 0 amide bonds. The molecule has 1 fully saturated rings. The van der Waals surface area contributed by atoms with Gasteiger partial charge in [0.1, 0.15) is 12.4 Å². The Morgan fingerprint density at radius 1 is 1.15 bits per heavy atom. The Balaban J connectivity index is 1.62. The molecule has 1 heterocycles. The Hall–Kier alpha value is -1.79. The minimum atomic E-state index is 0.269.